The van der Waals surface area contributed by atoms with Crippen molar-refractivity contribution in [2.45, 2.75) is 26.4 Å². The third-order valence-corrected chi connectivity index (χ3v) is 5.10. The number of nitrogens with zero attached hydrogens (tertiary/aromatic N) is 2. The second-order valence-electron chi connectivity index (χ2n) is 5.14. The molecule has 1 heterocycles. The molecule has 6 heteroatoms. The molecule has 5 nitrogen and oxygen atoms in total. The highest BCUT2D eigenvalue weighted by atomic mass is 32.2. The molecular weight excluding hydrogens is 286 g/mol. The zero-order valence-electron chi connectivity index (χ0n) is 12.4. The van der Waals surface area contributed by atoms with Crippen LogP contribution in [0.2, 0.25) is 0 Å². The molecule has 0 aliphatic heterocycles. The Morgan fingerprint density at radius 3 is 2.57 bits per heavy atom. The van der Waals surface area contributed by atoms with Crippen molar-refractivity contribution in [2.75, 3.05) is 16.8 Å². The molecule has 0 spiro atoms. The normalized spacial score (nSPS) is 13.0. The molecule has 1 N–H and O–H groups in total. The lowest BCUT2D eigenvalue weighted by Gasteiger charge is -2.15. The number of rotatable bonds is 7. The largest absolute Gasteiger partial charge is 0.382 e. The topological polar surface area (TPSA) is 64.0 Å². The number of hydrogen-bond acceptors (Lipinski definition) is 4. The molecule has 0 aliphatic rings. The molecule has 1 unspecified atom stereocenters. The number of anilines is 1. The first-order chi connectivity index (χ1) is 9.98. The Bertz CT molecular complexity index is 649. The van der Waals surface area contributed by atoms with E-state index in [2.05, 4.69) is 10.4 Å². The SMILES string of the molecule is CCS(=O)(=O)CC(C)Nc1ccc(Cn2cccn2)cc1. The van der Waals surface area contributed by atoms with E-state index in [0.717, 1.165) is 17.8 Å². The summed E-state index contributed by atoms with van der Waals surface area (Å²) in [6.07, 6.45) is 3.68. The molecular formula is C15H21N3O2S. The smallest absolute Gasteiger partial charge is 0.152 e. The molecule has 0 amide bonds. The van der Waals surface area contributed by atoms with E-state index >= 15 is 0 Å². The first-order valence-corrected chi connectivity index (χ1v) is 8.84. The first kappa shape index (κ1) is 15.6. The van der Waals surface area contributed by atoms with Crippen LogP contribution < -0.4 is 5.32 Å². The van der Waals surface area contributed by atoms with Crippen molar-refractivity contribution in [3.63, 3.8) is 0 Å². The van der Waals surface area contributed by atoms with Gasteiger partial charge in [-0.05, 0) is 30.7 Å². The Morgan fingerprint density at radius 2 is 2.00 bits per heavy atom. The maximum atomic E-state index is 11.6. The van der Waals surface area contributed by atoms with Gasteiger partial charge in [0.2, 0.25) is 0 Å². The predicted molar refractivity (Wildman–Crippen MR) is 85.2 cm³/mol. The number of aromatic nitrogens is 2. The van der Waals surface area contributed by atoms with Crippen LogP contribution in [-0.2, 0) is 16.4 Å². The lowest BCUT2D eigenvalue weighted by molar-refractivity contribution is 0.593. The molecule has 0 saturated heterocycles. The summed E-state index contributed by atoms with van der Waals surface area (Å²) in [7, 11) is -2.96. The van der Waals surface area contributed by atoms with E-state index in [1.165, 1.54) is 0 Å². The summed E-state index contributed by atoms with van der Waals surface area (Å²) >= 11 is 0. The number of sulfone groups is 1. The van der Waals surface area contributed by atoms with E-state index in [-0.39, 0.29) is 17.5 Å². The van der Waals surface area contributed by atoms with E-state index in [0.29, 0.717) is 0 Å². The fourth-order valence-electron chi connectivity index (χ4n) is 2.11. The summed E-state index contributed by atoms with van der Waals surface area (Å²) in [4.78, 5) is 0. The van der Waals surface area contributed by atoms with Crippen LogP contribution in [-0.4, -0.2) is 35.7 Å². The molecule has 0 saturated carbocycles. The summed E-state index contributed by atoms with van der Waals surface area (Å²) in [6.45, 7) is 4.28. The molecule has 1 aromatic carbocycles. The van der Waals surface area contributed by atoms with Gasteiger partial charge in [0.25, 0.3) is 0 Å². The summed E-state index contributed by atoms with van der Waals surface area (Å²) in [5, 5.41) is 7.38. The first-order valence-electron chi connectivity index (χ1n) is 7.02. The molecule has 21 heavy (non-hydrogen) atoms. The zero-order chi connectivity index (χ0) is 15.3. The van der Waals surface area contributed by atoms with Gasteiger partial charge in [0.15, 0.2) is 9.84 Å². The Kier molecular flexibility index (Phi) is 5.01. The fourth-order valence-corrected chi connectivity index (χ4v) is 3.19. The lowest BCUT2D eigenvalue weighted by atomic mass is 10.2. The van der Waals surface area contributed by atoms with Gasteiger partial charge in [-0.15, -0.1) is 0 Å². The van der Waals surface area contributed by atoms with Crippen LogP contribution in [0, 0.1) is 0 Å². The quantitative estimate of drug-likeness (QED) is 0.851. The molecule has 0 radical (unpaired) electrons. The van der Waals surface area contributed by atoms with Gasteiger partial charge in [-0.25, -0.2) is 8.42 Å². The number of hydrogen-bond donors (Lipinski definition) is 1. The summed E-state index contributed by atoms with van der Waals surface area (Å²) in [5.41, 5.74) is 2.08. The molecule has 0 aliphatic carbocycles. The van der Waals surface area contributed by atoms with Gasteiger partial charge >= 0.3 is 0 Å². The molecule has 0 bridgehead atoms. The van der Waals surface area contributed by atoms with Crippen LogP contribution >= 0.6 is 0 Å². The van der Waals surface area contributed by atoms with E-state index in [4.69, 9.17) is 0 Å². The standard InChI is InChI=1S/C15H21N3O2S/c1-3-21(19,20)12-13(2)17-15-7-5-14(6-8-15)11-18-10-4-9-16-18/h4-10,13,17H,3,11-12H2,1-2H3. The minimum Gasteiger partial charge on any atom is -0.382 e. The van der Waals surface area contributed by atoms with Crippen molar-refractivity contribution >= 4 is 15.5 Å². The van der Waals surface area contributed by atoms with E-state index < -0.39 is 9.84 Å². The average Bonchev–Trinajstić information content (AvgIpc) is 2.93. The van der Waals surface area contributed by atoms with Crippen molar-refractivity contribution in [2.24, 2.45) is 0 Å². The maximum Gasteiger partial charge on any atom is 0.152 e. The van der Waals surface area contributed by atoms with Crippen LogP contribution in [0.1, 0.15) is 19.4 Å². The Hall–Kier alpha value is -1.82. The van der Waals surface area contributed by atoms with Gasteiger partial charge < -0.3 is 5.32 Å². The molecule has 2 rings (SSSR count). The Balaban J connectivity index is 1.93. The molecule has 114 valence electrons. The van der Waals surface area contributed by atoms with Gasteiger partial charge in [0.1, 0.15) is 0 Å². The Labute approximate surface area is 125 Å². The minimum atomic E-state index is -2.96. The van der Waals surface area contributed by atoms with E-state index in [9.17, 15) is 8.42 Å². The van der Waals surface area contributed by atoms with Gasteiger partial charge in [0.05, 0.1) is 12.3 Å². The van der Waals surface area contributed by atoms with Gasteiger partial charge in [-0.1, -0.05) is 19.1 Å². The highest BCUT2D eigenvalue weighted by Gasteiger charge is 2.13. The number of benzene rings is 1. The van der Waals surface area contributed by atoms with Crippen LogP contribution in [0.3, 0.4) is 0 Å². The highest BCUT2D eigenvalue weighted by Crippen LogP contribution is 2.12. The minimum absolute atomic E-state index is 0.105. The summed E-state index contributed by atoms with van der Waals surface area (Å²) < 4.78 is 25.0. The maximum absolute atomic E-state index is 11.6. The molecule has 0 fully saturated rings. The monoisotopic (exact) mass is 307 g/mol. The van der Waals surface area contributed by atoms with E-state index in [1.807, 2.05) is 48.1 Å². The van der Waals surface area contributed by atoms with Gasteiger partial charge in [-0.3, -0.25) is 4.68 Å². The average molecular weight is 307 g/mol. The Morgan fingerprint density at radius 1 is 1.29 bits per heavy atom. The van der Waals surface area contributed by atoms with Crippen molar-refractivity contribution in [3.8, 4) is 0 Å². The molecule has 1 aromatic heterocycles. The third-order valence-electron chi connectivity index (χ3n) is 3.21. The third kappa shape index (κ3) is 4.90. The van der Waals surface area contributed by atoms with Crippen LogP contribution in [0.5, 0.6) is 0 Å². The zero-order valence-corrected chi connectivity index (χ0v) is 13.2. The molecule has 2 aromatic rings. The van der Waals surface area contributed by atoms with Gasteiger partial charge in [-0.2, -0.15) is 5.10 Å². The van der Waals surface area contributed by atoms with Crippen molar-refractivity contribution in [3.05, 3.63) is 48.3 Å². The van der Waals surface area contributed by atoms with E-state index in [1.54, 1.807) is 13.1 Å². The second-order valence-corrected chi connectivity index (χ2v) is 7.54. The fraction of sp³-hybridized carbons (Fsp3) is 0.400. The van der Waals surface area contributed by atoms with Crippen molar-refractivity contribution in [1.82, 2.24) is 9.78 Å². The van der Waals surface area contributed by atoms with Crippen LogP contribution in [0.4, 0.5) is 5.69 Å². The second kappa shape index (κ2) is 6.76. The van der Waals surface area contributed by atoms with Crippen LogP contribution in [0.25, 0.3) is 0 Å². The molecule has 1 atom stereocenters. The highest BCUT2D eigenvalue weighted by molar-refractivity contribution is 7.91. The predicted octanol–water partition coefficient (Wildman–Crippen LogP) is 2.17. The van der Waals surface area contributed by atoms with Gasteiger partial charge in [0, 0.05) is 29.9 Å². The van der Waals surface area contributed by atoms with Crippen LogP contribution in [0.15, 0.2) is 42.7 Å². The summed E-state index contributed by atoms with van der Waals surface area (Å²) in [5.74, 6) is 0.334. The van der Waals surface area contributed by atoms with Crippen molar-refractivity contribution in [1.29, 1.82) is 0 Å². The van der Waals surface area contributed by atoms with Crippen molar-refractivity contribution < 1.29 is 8.42 Å². The summed E-state index contributed by atoms with van der Waals surface area (Å²) in [6, 6.07) is 9.76. The number of nitrogens with one attached hydrogen (secondary N) is 1. The lowest BCUT2D eigenvalue weighted by Crippen LogP contribution is -2.26.